The molecule has 0 fully saturated rings. The van der Waals surface area contributed by atoms with Gasteiger partial charge in [0.2, 0.25) is 0 Å². The lowest BCUT2D eigenvalue weighted by molar-refractivity contribution is 0.483. The Morgan fingerprint density at radius 3 is 2.41 bits per heavy atom. The highest BCUT2D eigenvalue weighted by Gasteiger charge is 2.01. The SMILES string of the molecule is CNc1cc(Nc2cccc(Oc3ccccc3)c2)ncn1. The molecule has 1 heterocycles. The number of nitrogens with one attached hydrogen (secondary N) is 2. The van der Waals surface area contributed by atoms with Gasteiger partial charge in [-0.15, -0.1) is 0 Å². The van der Waals surface area contributed by atoms with Crippen LogP contribution >= 0.6 is 0 Å². The summed E-state index contributed by atoms with van der Waals surface area (Å²) in [4.78, 5) is 8.28. The number of rotatable bonds is 5. The van der Waals surface area contributed by atoms with E-state index in [9.17, 15) is 0 Å². The van der Waals surface area contributed by atoms with Crippen LogP contribution in [0.2, 0.25) is 0 Å². The van der Waals surface area contributed by atoms with Crippen LogP contribution in [-0.2, 0) is 0 Å². The number of anilines is 3. The Balaban J connectivity index is 1.76. The fourth-order valence-electron chi connectivity index (χ4n) is 1.97. The van der Waals surface area contributed by atoms with Crippen molar-refractivity contribution in [2.24, 2.45) is 0 Å². The lowest BCUT2D eigenvalue weighted by atomic mass is 10.3. The average Bonchev–Trinajstić information content (AvgIpc) is 2.56. The Labute approximate surface area is 129 Å². The van der Waals surface area contributed by atoms with E-state index in [0.29, 0.717) is 0 Å². The minimum Gasteiger partial charge on any atom is -0.457 e. The summed E-state index contributed by atoms with van der Waals surface area (Å²) in [5, 5.41) is 6.22. The molecule has 110 valence electrons. The minimum absolute atomic E-state index is 0.719. The van der Waals surface area contributed by atoms with E-state index in [1.165, 1.54) is 6.33 Å². The standard InChI is InChI=1S/C17H16N4O/c1-18-16-11-17(20-12-19-16)21-13-6-5-9-15(10-13)22-14-7-3-2-4-8-14/h2-12H,1H3,(H2,18,19,20,21). The highest BCUT2D eigenvalue weighted by atomic mass is 16.5. The third-order valence-electron chi connectivity index (χ3n) is 3.01. The molecule has 5 nitrogen and oxygen atoms in total. The molecule has 0 saturated heterocycles. The lowest BCUT2D eigenvalue weighted by Gasteiger charge is -2.09. The molecule has 0 atom stereocenters. The molecule has 2 N–H and O–H groups in total. The average molecular weight is 292 g/mol. The first-order chi connectivity index (χ1) is 10.8. The van der Waals surface area contributed by atoms with Gasteiger partial charge in [0.1, 0.15) is 29.5 Å². The number of aromatic nitrogens is 2. The van der Waals surface area contributed by atoms with Crippen LogP contribution < -0.4 is 15.4 Å². The van der Waals surface area contributed by atoms with Crippen LogP contribution in [0.25, 0.3) is 0 Å². The van der Waals surface area contributed by atoms with E-state index in [4.69, 9.17) is 4.74 Å². The first kappa shape index (κ1) is 13.9. The maximum atomic E-state index is 5.82. The van der Waals surface area contributed by atoms with E-state index >= 15 is 0 Å². The molecule has 0 bridgehead atoms. The summed E-state index contributed by atoms with van der Waals surface area (Å²) in [6.07, 6.45) is 1.51. The van der Waals surface area contributed by atoms with Crippen LogP contribution in [0.1, 0.15) is 0 Å². The molecule has 0 aliphatic heterocycles. The zero-order chi connectivity index (χ0) is 15.2. The third-order valence-corrected chi connectivity index (χ3v) is 3.01. The predicted molar refractivity (Wildman–Crippen MR) is 87.8 cm³/mol. The number of hydrogen-bond acceptors (Lipinski definition) is 5. The topological polar surface area (TPSA) is 59.1 Å². The quantitative estimate of drug-likeness (QED) is 0.742. The van der Waals surface area contributed by atoms with Crippen molar-refractivity contribution >= 4 is 17.3 Å². The Morgan fingerprint density at radius 1 is 0.818 bits per heavy atom. The summed E-state index contributed by atoms with van der Waals surface area (Å²) < 4.78 is 5.82. The van der Waals surface area contributed by atoms with Gasteiger partial charge in [-0.1, -0.05) is 24.3 Å². The van der Waals surface area contributed by atoms with E-state index in [1.807, 2.05) is 67.7 Å². The van der Waals surface area contributed by atoms with Gasteiger partial charge in [-0.05, 0) is 24.3 Å². The second-order valence-electron chi connectivity index (χ2n) is 4.61. The Morgan fingerprint density at radius 2 is 1.59 bits per heavy atom. The van der Waals surface area contributed by atoms with Gasteiger partial charge in [-0.2, -0.15) is 0 Å². The second-order valence-corrected chi connectivity index (χ2v) is 4.61. The Hall–Kier alpha value is -3.08. The molecule has 0 aliphatic rings. The summed E-state index contributed by atoms with van der Waals surface area (Å²) >= 11 is 0. The van der Waals surface area contributed by atoms with Crippen molar-refractivity contribution in [1.29, 1.82) is 0 Å². The number of benzene rings is 2. The monoisotopic (exact) mass is 292 g/mol. The molecule has 0 radical (unpaired) electrons. The van der Waals surface area contributed by atoms with Crippen molar-refractivity contribution in [2.45, 2.75) is 0 Å². The van der Waals surface area contributed by atoms with Gasteiger partial charge in [0.05, 0.1) is 0 Å². The highest BCUT2D eigenvalue weighted by molar-refractivity contribution is 5.60. The second kappa shape index (κ2) is 6.58. The van der Waals surface area contributed by atoms with E-state index in [1.54, 1.807) is 0 Å². The highest BCUT2D eigenvalue weighted by Crippen LogP contribution is 2.25. The molecule has 0 amide bonds. The summed E-state index contributed by atoms with van der Waals surface area (Å²) in [6.45, 7) is 0. The van der Waals surface area contributed by atoms with Gasteiger partial charge < -0.3 is 15.4 Å². The van der Waals surface area contributed by atoms with Crippen molar-refractivity contribution < 1.29 is 4.74 Å². The fourth-order valence-corrected chi connectivity index (χ4v) is 1.97. The molecule has 0 spiro atoms. The van der Waals surface area contributed by atoms with Crippen LogP contribution in [0.15, 0.2) is 67.0 Å². The number of para-hydroxylation sites is 1. The molecule has 22 heavy (non-hydrogen) atoms. The Kier molecular flexibility index (Phi) is 4.15. The number of nitrogens with zero attached hydrogens (tertiary/aromatic N) is 2. The minimum atomic E-state index is 0.719. The van der Waals surface area contributed by atoms with Gasteiger partial charge in [-0.25, -0.2) is 9.97 Å². The zero-order valence-corrected chi connectivity index (χ0v) is 12.2. The third kappa shape index (κ3) is 3.52. The van der Waals surface area contributed by atoms with E-state index in [2.05, 4.69) is 20.6 Å². The smallest absolute Gasteiger partial charge is 0.135 e. The van der Waals surface area contributed by atoms with Gasteiger partial charge >= 0.3 is 0 Å². The molecule has 0 aliphatic carbocycles. The normalized spacial score (nSPS) is 10.0. The molecule has 2 aromatic carbocycles. The van der Waals surface area contributed by atoms with Crippen molar-refractivity contribution in [1.82, 2.24) is 9.97 Å². The molecule has 3 rings (SSSR count). The number of hydrogen-bond donors (Lipinski definition) is 2. The van der Waals surface area contributed by atoms with Crippen molar-refractivity contribution in [3.05, 3.63) is 67.0 Å². The van der Waals surface area contributed by atoms with Gasteiger partial charge in [-0.3, -0.25) is 0 Å². The molecular formula is C17H16N4O. The van der Waals surface area contributed by atoms with Crippen LogP contribution in [-0.4, -0.2) is 17.0 Å². The largest absolute Gasteiger partial charge is 0.457 e. The molecule has 0 saturated carbocycles. The van der Waals surface area contributed by atoms with Crippen molar-refractivity contribution in [3.63, 3.8) is 0 Å². The summed E-state index contributed by atoms with van der Waals surface area (Å²) in [7, 11) is 1.82. The maximum absolute atomic E-state index is 5.82. The zero-order valence-electron chi connectivity index (χ0n) is 12.2. The van der Waals surface area contributed by atoms with Crippen LogP contribution in [0.5, 0.6) is 11.5 Å². The Bertz CT molecular complexity index is 746. The van der Waals surface area contributed by atoms with Crippen molar-refractivity contribution in [3.8, 4) is 11.5 Å². The maximum Gasteiger partial charge on any atom is 0.135 e. The van der Waals surface area contributed by atoms with Gasteiger partial charge in [0.15, 0.2) is 0 Å². The van der Waals surface area contributed by atoms with Gasteiger partial charge in [0.25, 0.3) is 0 Å². The summed E-state index contributed by atoms with van der Waals surface area (Å²) in [6, 6.07) is 19.2. The summed E-state index contributed by atoms with van der Waals surface area (Å²) in [5.74, 6) is 3.05. The molecule has 1 aromatic heterocycles. The fraction of sp³-hybridized carbons (Fsp3) is 0.0588. The van der Waals surface area contributed by atoms with Crippen LogP contribution in [0.3, 0.4) is 0 Å². The molecular weight excluding hydrogens is 276 g/mol. The van der Waals surface area contributed by atoms with Crippen LogP contribution in [0, 0.1) is 0 Å². The van der Waals surface area contributed by atoms with E-state index < -0.39 is 0 Å². The molecule has 3 aromatic rings. The molecule has 5 heteroatoms. The van der Waals surface area contributed by atoms with E-state index in [-0.39, 0.29) is 0 Å². The predicted octanol–water partition coefficient (Wildman–Crippen LogP) is 4.05. The van der Waals surface area contributed by atoms with Gasteiger partial charge in [0, 0.05) is 24.9 Å². The lowest BCUT2D eigenvalue weighted by Crippen LogP contribution is -1.98. The molecule has 0 unspecified atom stereocenters. The van der Waals surface area contributed by atoms with Crippen LogP contribution in [0.4, 0.5) is 17.3 Å². The first-order valence-corrected chi connectivity index (χ1v) is 6.93. The summed E-state index contributed by atoms with van der Waals surface area (Å²) in [5.41, 5.74) is 0.897. The number of ether oxygens (including phenoxy) is 1. The van der Waals surface area contributed by atoms with E-state index in [0.717, 1.165) is 28.8 Å². The first-order valence-electron chi connectivity index (χ1n) is 6.93. The van der Waals surface area contributed by atoms with Crippen molar-refractivity contribution in [2.75, 3.05) is 17.7 Å².